The number of hydrogen-bond acceptors (Lipinski definition) is 5. The van der Waals surface area contributed by atoms with Crippen molar-refractivity contribution in [3.63, 3.8) is 0 Å². The van der Waals surface area contributed by atoms with Crippen LogP contribution in [0.2, 0.25) is 0 Å². The third kappa shape index (κ3) is 6.19. The van der Waals surface area contributed by atoms with Gasteiger partial charge in [0.1, 0.15) is 5.78 Å². The largest absolute Gasteiger partial charge is 0.339 e. The van der Waals surface area contributed by atoms with Gasteiger partial charge in [0.15, 0.2) is 5.82 Å². The monoisotopic (exact) mass is 270 g/mol. The minimum Gasteiger partial charge on any atom is -0.339 e. The molecule has 0 N–H and O–H groups in total. The van der Waals surface area contributed by atoms with Gasteiger partial charge in [-0.2, -0.15) is 16.7 Å². The van der Waals surface area contributed by atoms with Crippen LogP contribution in [0.15, 0.2) is 4.52 Å². The summed E-state index contributed by atoms with van der Waals surface area (Å²) < 4.78 is 5.08. The second-order valence-corrected chi connectivity index (χ2v) is 6.36. The Kier molecular flexibility index (Phi) is 6.39. The molecule has 1 aromatic heterocycles. The van der Waals surface area contributed by atoms with Gasteiger partial charge in [0.25, 0.3) is 0 Å². The predicted molar refractivity (Wildman–Crippen MR) is 73.5 cm³/mol. The Morgan fingerprint density at radius 1 is 1.28 bits per heavy atom. The van der Waals surface area contributed by atoms with E-state index in [4.69, 9.17) is 4.52 Å². The maximum atomic E-state index is 11.6. The SMILES string of the molecule is CC(C)CSCc1noc(CC(=O)CC(C)C)n1. The summed E-state index contributed by atoms with van der Waals surface area (Å²) >= 11 is 1.79. The van der Waals surface area contributed by atoms with Crippen molar-refractivity contribution in [2.24, 2.45) is 11.8 Å². The Morgan fingerprint density at radius 3 is 2.61 bits per heavy atom. The van der Waals surface area contributed by atoms with Crippen molar-refractivity contribution in [3.8, 4) is 0 Å². The number of rotatable bonds is 8. The first-order valence-corrected chi connectivity index (χ1v) is 7.53. The average Bonchev–Trinajstić information content (AvgIpc) is 2.63. The van der Waals surface area contributed by atoms with Gasteiger partial charge in [-0.1, -0.05) is 32.9 Å². The van der Waals surface area contributed by atoms with Crippen LogP contribution in [0.25, 0.3) is 0 Å². The Hall–Kier alpha value is -0.840. The van der Waals surface area contributed by atoms with E-state index in [9.17, 15) is 4.79 Å². The molecule has 0 saturated carbocycles. The first-order valence-electron chi connectivity index (χ1n) is 6.38. The number of hydrogen-bond donors (Lipinski definition) is 0. The van der Waals surface area contributed by atoms with E-state index < -0.39 is 0 Å². The number of nitrogens with zero attached hydrogens (tertiary/aromatic N) is 2. The Labute approximate surface area is 113 Å². The van der Waals surface area contributed by atoms with Crippen molar-refractivity contribution in [2.45, 2.75) is 46.3 Å². The van der Waals surface area contributed by atoms with Crippen LogP contribution in [0.5, 0.6) is 0 Å². The summed E-state index contributed by atoms with van der Waals surface area (Å²) in [6, 6.07) is 0. The number of carbonyl (C=O) groups excluding carboxylic acids is 1. The zero-order chi connectivity index (χ0) is 13.5. The van der Waals surface area contributed by atoms with E-state index in [1.165, 1.54) is 0 Å². The summed E-state index contributed by atoms with van der Waals surface area (Å²) in [5.41, 5.74) is 0. The summed E-state index contributed by atoms with van der Waals surface area (Å²) in [4.78, 5) is 15.8. The molecule has 1 aromatic rings. The lowest BCUT2D eigenvalue weighted by atomic mass is 10.1. The minimum atomic E-state index is 0.162. The van der Waals surface area contributed by atoms with Crippen molar-refractivity contribution in [2.75, 3.05) is 5.75 Å². The summed E-state index contributed by atoms with van der Waals surface area (Å²) in [5.74, 6) is 4.16. The quantitative estimate of drug-likeness (QED) is 0.726. The highest BCUT2D eigenvalue weighted by Gasteiger charge is 2.12. The first kappa shape index (κ1) is 15.2. The van der Waals surface area contributed by atoms with E-state index in [0.717, 1.165) is 11.5 Å². The maximum absolute atomic E-state index is 11.6. The average molecular weight is 270 g/mol. The number of aromatic nitrogens is 2. The molecule has 0 bridgehead atoms. The van der Waals surface area contributed by atoms with E-state index in [1.54, 1.807) is 11.8 Å². The number of carbonyl (C=O) groups is 1. The summed E-state index contributed by atoms with van der Waals surface area (Å²) in [6.45, 7) is 8.41. The molecule has 0 atom stereocenters. The van der Waals surface area contributed by atoms with Crippen LogP contribution < -0.4 is 0 Å². The molecule has 0 aromatic carbocycles. The van der Waals surface area contributed by atoms with Crippen LogP contribution in [0.4, 0.5) is 0 Å². The van der Waals surface area contributed by atoms with Crippen LogP contribution in [-0.2, 0) is 17.0 Å². The van der Waals surface area contributed by atoms with Gasteiger partial charge >= 0.3 is 0 Å². The van der Waals surface area contributed by atoms with Gasteiger partial charge in [-0.25, -0.2) is 0 Å². The molecule has 0 aliphatic heterocycles. The molecule has 0 radical (unpaired) electrons. The fourth-order valence-electron chi connectivity index (χ4n) is 1.50. The van der Waals surface area contributed by atoms with Crippen LogP contribution in [0.3, 0.4) is 0 Å². The molecule has 5 heteroatoms. The van der Waals surface area contributed by atoms with Crippen LogP contribution in [-0.4, -0.2) is 21.7 Å². The normalized spacial score (nSPS) is 11.4. The van der Waals surface area contributed by atoms with Crippen molar-refractivity contribution >= 4 is 17.5 Å². The van der Waals surface area contributed by atoms with Crippen molar-refractivity contribution in [1.82, 2.24) is 10.1 Å². The molecule has 0 amide bonds. The van der Waals surface area contributed by atoms with Gasteiger partial charge < -0.3 is 4.52 Å². The van der Waals surface area contributed by atoms with Crippen molar-refractivity contribution < 1.29 is 9.32 Å². The van der Waals surface area contributed by atoms with Crippen molar-refractivity contribution in [1.29, 1.82) is 0 Å². The molecule has 0 fully saturated rings. The van der Waals surface area contributed by atoms with Crippen molar-refractivity contribution in [3.05, 3.63) is 11.7 Å². The highest BCUT2D eigenvalue weighted by Crippen LogP contribution is 2.13. The van der Waals surface area contributed by atoms with Gasteiger partial charge in [0.2, 0.25) is 5.89 Å². The molecule has 0 aliphatic carbocycles. The molecule has 102 valence electrons. The lowest BCUT2D eigenvalue weighted by Gasteiger charge is -2.01. The van der Waals surface area contributed by atoms with E-state index in [2.05, 4.69) is 24.0 Å². The van der Waals surface area contributed by atoms with Crippen LogP contribution in [0.1, 0.15) is 45.8 Å². The molecule has 0 saturated heterocycles. The van der Waals surface area contributed by atoms with E-state index in [-0.39, 0.29) is 12.2 Å². The highest BCUT2D eigenvalue weighted by molar-refractivity contribution is 7.98. The lowest BCUT2D eigenvalue weighted by molar-refractivity contribution is -0.119. The van der Waals surface area contributed by atoms with Gasteiger partial charge in [0, 0.05) is 6.42 Å². The van der Waals surface area contributed by atoms with Gasteiger partial charge in [-0.15, -0.1) is 0 Å². The fourth-order valence-corrected chi connectivity index (χ4v) is 2.39. The van der Waals surface area contributed by atoms with Gasteiger partial charge in [-0.3, -0.25) is 4.79 Å². The standard InChI is InChI=1S/C13H22N2O2S/c1-9(2)5-11(16)6-13-14-12(15-17-13)8-18-7-10(3)4/h9-10H,5-8H2,1-4H3. The molecule has 4 nitrogen and oxygen atoms in total. The zero-order valence-corrected chi connectivity index (χ0v) is 12.4. The molecule has 0 spiro atoms. The number of thioether (sulfide) groups is 1. The molecule has 1 heterocycles. The fraction of sp³-hybridized carbons (Fsp3) is 0.769. The Balaban J connectivity index is 2.36. The predicted octanol–water partition coefficient (Wildman–Crippen LogP) is 3.12. The summed E-state index contributed by atoms with van der Waals surface area (Å²) in [5, 5.41) is 3.89. The Bertz CT molecular complexity index is 375. The van der Waals surface area contributed by atoms with Gasteiger partial charge in [-0.05, 0) is 17.6 Å². The Morgan fingerprint density at radius 2 is 2.00 bits per heavy atom. The molecular formula is C13H22N2O2S. The van der Waals surface area contributed by atoms with Crippen LogP contribution in [0, 0.1) is 11.8 Å². The first-order chi connectivity index (χ1) is 8.47. The van der Waals surface area contributed by atoms with E-state index >= 15 is 0 Å². The topological polar surface area (TPSA) is 56.0 Å². The van der Waals surface area contributed by atoms with Crippen LogP contribution >= 0.6 is 11.8 Å². The molecule has 0 unspecified atom stereocenters. The third-order valence-electron chi connectivity index (χ3n) is 2.18. The maximum Gasteiger partial charge on any atom is 0.234 e. The van der Waals surface area contributed by atoms with E-state index in [0.29, 0.717) is 30.0 Å². The van der Waals surface area contributed by atoms with E-state index in [1.807, 2.05) is 13.8 Å². The molecule has 18 heavy (non-hydrogen) atoms. The molecule has 1 rings (SSSR count). The summed E-state index contributed by atoms with van der Waals surface area (Å²) in [6.07, 6.45) is 0.833. The van der Waals surface area contributed by atoms with Gasteiger partial charge in [0.05, 0.1) is 12.2 Å². The second kappa shape index (κ2) is 7.56. The lowest BCUT2D eigenvalue weighted by Crippen LogP contribution is -2.06. The second-order valence-electron chi connectivity index (χ2n) is 5.33. The highest BCUT2D eigenvalue weighted by atomic mass is 32.2. The minimum absolute atomic E-state index is 0.162. The number of Topliss-reactive ketones (excluding diaryl/α,β-unsaturated/α-hetero) is 1. The molecular weight excluding hydrogens is 248 g/mol. The summed E-state index contributed by atoms with van der Waals surface area (Å²) in [7, 11) is 0. The third-order valence-corrected chi connectivity index (χ3v) is 3.54. The molecule has 0 aliphatic rings. The zero-order valence-electron chi connectivity index (χ0n) is 11.6. The number of ketones is 1. The smallest absolute Gasteiger partial charge is 0.234 e.